The second-order valence-corrected chi connectivity index (χ2v) is 7.26. The predicted octanol–water partition coefficient (Wildman–Crippen LogP) is 5.12. The van der Waals surface area contributed by atoms with E-state index in [2.05, 4.69) is 46.3 Å². The van der Waals surface area contributed by atoms with Crippen LogP contribution in [0.15, 0.2) is 71.4 Å². The highest BCUT2D eigenvalue weighted by Gasteiger charge is 2.14. The van der Waals surface area contributed by atoms with Gasteiger partial charge in [-0.25, -0.2) is 9.67 Å². The maximum absolute atomic E-state index is 6.08. The van der Waals surface area contributed by atoms with Crippen LogP contribution >= 0.6 is 11.6 Å². The van der Waals surface area contributed by atoms with Gasteiger partial charge in [0.1, 0.15) is 5.76 Å². The molecule has 4 rings (SSSR count). The van der Waals surface area contributed by atoms with E-state index in [9.17, 15) is 0 Å². The molecule has 0 radical (unpaired) electrons. The Labute approximate surface area is 169 Å². The summed E-state index contributed by atoms with van der Waals surface area (Å²) in [6.45, 7) is 3.47. The van der Waals surface area contributed by atoms with Crippen LogP contribution in [0.2, 0.25) is 5.02 Å². The molecule has 4 aromatic rings. The van der Waals surface area contributed by atoms with Gasteiger partial charge in [-0.05, 0) is 55.9 Å². The first kappa shape index (κ1) is 18.5. The highest BCUT2D eigenvalue weighted by atomic mass is 35.5. The monoisotopic (exact) mass is 392 g/mol. The van der Waals surface area contributed by atoms with Crippen molar-refractivity contribution in [1.82, 2.24) is 19.7 Å². The molecule has 0 unspecified atom stereocenters. The van der Waals surface area contributed by atoms with Crippen LogP contribution in [0.1, 0.15) is 17.0 Å². The first-order valence-electron chi connectivity index (χ1n) is 9.08. The van der Waals surface area contributed by atoms with Gasteiger partial charge in [0.05, 0.1) is 11.4 Å². The van der Waals surface area contributed by atoms with E-state index >= 15 is 0 Å². The topological polar surface area (TPSA) is 47.1 Å². The van der Waals surface area contributed by atoms with Crippen LogP contribution in [0.25, 0.3) is 17.1 Å². The Kier molecular flexibility index (Phi) is 5.28. The van der Waals surface area contributed by atoms with Crippen molar-refractivity contribution in [2.75, 3.05) is 7.05 Å². The Hall–Kier alpha value is -2.89. The van der Waals surface area contributed by atoms with Crippen molar-refractivity contribution in [1.29, 1.82) is 0 Å². The molecule has 0 spiro atoms. The Bertz CT molecular complexity index is 1050. The zero-order valence-corrected chi connectivity index (χ0v) is 16.6. The lowest BCUT2D eigenvalue weighted by Crippen LogP contribution is -2.18. The molecule has 0 saturated carbocycles. The fraction of sp³-hybridized carbons (Fsp3) is 0.182. The van der Waals surface area contributed by atoms with E-state index < -0.39 is 0 Å². The van der Waals surface area contributed by atoms with Gasteiger partial charge in [0.2, 0.25) is 5.89 Å². The first-order chi connectivity index (χ1) is 13.6. The molecule has 28 heavy (non-hydrogen) atoms. The van der Waals surface area contributed by atoms with E-state index in [0.717, 1.165) is 29.2 Å². The molecule has 0 N–H and O–H groups in total. The number of nitrogens with zero attached hydrogens (tertiary/aromatic N) is 4. The summed E-state index contributed by atoms with van der Waals surface area (Å²) in [7, 11) is 2.08. The maximum Gasteiger partial charge on any atom is 0.226 e. The normalized spacial score (nSPS) is 11.3. The lowest BCUT2D eigenvalue weighted by atomic mass is 10.2. The SMILES string of the molecule is Cc1oc(-c2cccc(Cl)c2)nc1CN(C)Cc1ccc(-n2cccn2)cc1. The zero-order chi connectivity index (χ0) is 19.5. The van der Waals surface area contributed by atoms with Crippen molar-refractivity contribution in [2.45, 2.75) is 20.0 Å². The van der Waals surface area contributed by atoms with E-state index in [4.69, 9.17) is 16.0 Å². The van der Waals surface area contributed by atoms with Gasteiger partial charge in [0.15, 0.2) is 0 Å². The van der Waals surface area contributed by atoms with Crippen LogP contribution in [-0.2, 0) is 13.1 Å². The minimum absolute atomic E-state index is 0.604. The summed E-state index contributed by atoms with van der Waals surface area (Å²) >= 11 is 6.08. The summed E-state index contributed by atoms with van der Waals surface area (Å²) in [6, 6.07) is 17.9. The zero-order valence-electron chi connectivity index (χ0n) is 15.8. The molecular weight excluding hydrogens is 372 g/mol. The third-order valence-corrected chi connectivity index (χ3v) is 4.78. The molecule has 0 fully saturated rings. The number of hydrogen-bond donors (Lipinski definition) is 0. The van der Waals surface area contributed by atoms with Crippen LogP contribution in [0.3, 0.4) is 0 Å². The third-order valence-electron chi connectivity index (χ3n) is 4.54. The van der Waals surface area contributed by atoms with Gasteiger partial charge in [-0.3, -0.25) is 4.90 Å². The molecule has 0 atom stereocenters. The van der Waals surface area contributed by atoms with Crippen molar-refractivity contribution in [3.63, 3.8) is 0 Å². The van der Waals surface area contributed by atoms with Crippen LogP contribution in [-0.4, -0.2) is 26.7 Å². The average Bonchev–Trinajstić information content (AvgIpc) is 3.33. The minimum Gasteiger partial charge on any atom is -0.441 e. The molecular formula is C22H21ClN4O. The van der Waals surface area contributed by atoms with Crippen LogP contribution in [0, 0.1) is 6.92 Å². The van der Waals surface area contributed by atoms with Crippen LogP contribution < -0.4 is 0 Å². The Morgan fingerprint density at radius 1 is 1.07 bits per heavy atom. The van der Waals surface area contributed by atoms with Crippen molar-refractivity contribution in [3.05, 3.63) is 89.0 Å². The molecule has 2 heterocycles. The maximum atomic E-state index is 6.08. The van der Waals surface area contributed by atoms with Gasteiger partial charge >= 0.3 is 0 Å². The van der Waals surface area contributed by atoms with Crippen LogP contribution in [0.4, 0.5) is 0 Å². The summed E-state index contributed by atoms with van der Waals surface area (Å²) in [5.41, 5.74) is 4.11. The van der Waals surface area contributed by atoms with Crippen LogP contribution in [0.5, 0.6) is 0 Å². The Morgan fingerprint density at radius 3 is 2.61 bits per heavy atom. The predicted molar refractivity (Wildman–Crippen MR) is 110 cm³/mol. The fourth-order valence-electron chi connectivity index (χ4n) is 3.12. The molecule has 0 aliphatic carbocycles. The molecule has 5 nitrogen and oxygen atoms in total. The van der Waals surface area contributed by atoms with Crippen molar-refractivity contribution in [2.24, 2.45) is 0 Å². The smallest absolute Gasteiger partial charge is 0.226 e. The molecule has 2 aromatic heterocycles. The quantitative estimate of drug-likeness (QED) is 0.457. The van der Waals surface area contributed by atoms with Crippen molar-refractivity contribution >= 4 is 11.6 Å². The number of aromatic nitrogens is 3. The minimum atomic E-state index is 0.604. The number of hydrogen-bond acceptors (Lipinski definition) is 4. The van der Waals surface area contributed by atoms with Gasteiger partial charge in [-0.1, -0.05) is 29.8 Å². The van der Waals surface area contributed by atoms with E-state index in [1.165, 1.54) is 5.56 Å². The lowest BCUT2D eigenvalue weighted by Gasteiger charge is -2.15. The number of aryl methyl sites for hydroxylation is 1. The van der Waals surface area contributed by atoms with E-state index in [-0.39, 0.29) is 0 Å². The second kappa shape index (κ2) is 8.00. The third kappa shape index (κ3) is 4.16. The molecule has 6 heteroatoms. The Morgan fingerprint density at radius 2 is 1.89 bits per heavy atom. The largest absolute Gasteiger partial charge is 0.441 e. The summed E-state index contributed by atoms with van der Waals surface area (Å²) in [6.07, 6.45) is 3.71. The highest BCUT2D eigenvalue weighted by Crippen LogP contribution is 2.25. The Balaban J connectivity index is 1.43. The fourth-order valence-corrected chi connectivity index (χ4v) is 3.31. The number of rotatable bonds is 6. The highest BCUT2D eigenvalue weighted by molar-refractivity contribution is 6.30. The van der Waals surface area contributed by atoms with Gasteiger partial charge in [0.25, 0.3) is 0 Å². The molecule has 0 bridgehead atoms. The summed E-state index contributed by atoms with van der Waals surface area (Å²) in [5.74, 6) is 1.43. The van der Waals surface area contributed by atoms with Crippen molar-refractivity contribution < 1.29 is 4.42 Å². The van der Waals surface area contributed by atoms with Gasteiger partial charge in [0, 0.05) is 36.1 Å². The molecule has 0 saturated heterocycles. The lowest BCUT2D eigenvalue weighted by molar-refractivity contribution is 0.313. The summed E-state index contributed by atoms with van der Waals surface area (Å²) in [5, 5.41) is 4.93. The summed E-state index contributed by atoms with van der Waals surface area (Å²) < 4.78 is 7.71. The molecule has 142 valence electrons. The van der Waals surface area contributed by atoms with E-state index in [1.807, 2.05) is 48.1 Å². The molecule has 0 amide bonds. The molecule has 2 aromatic carbocycles. The van der Waals surface area contributed by atoms with Gasteiger partial charge in [-0.15, -0.1) is 0 Å². The summed E-state index contributed by atoms with van der Waals surface area (Å²) in [4.78, 5) is 6.89. The standard InChI is InChI=1S/C22H21ClN4O/c1-16-21(25-22(28-16)18-5-3-6-19(23)13-18)15-26(2)14-17-7-9-20(10-8-17)27-12-4-11-24-27/h3-13H,14-15H2,1-2H3. The molecule has 0 aliphatic heterocycles. The number of benzene rings is 2. The number of oxazole rings is 1. The van der Waals surface area contributed by atoms with Crippen molar-refractivity contribution in [3.8, 4) is 17.1 Å². The average molecular weight is 393 g/mol. The first-order valence-corrected chi connectivity index (χ1v) is 9.46. The molecule has 0 aliphatic rings. The van der Waals surface area contributed by atoms with Gasteiger partial charge < -0.3 is 4.42 Å². The number of halogens is 1. The van der Waals surface area contributed by atoms with E-state index in [0.29, 0.717) is 17.5 Å². The second-order valence-electron chi connectivity index (χ2n) is 6.82. The van der Waals surface area contributed by atoms with E-state index in [1.54, 1.807) is 6.20 Å². The van der Waals surface area contributed by atoms with Gasteiger partial charge in [-0.2, -0.15) is 5.10 Å².